The van der Waals surface area contributed by atoms with Crippen LogP contribution in [0.3, 0.4) is 0 Å². The van der Waals surface area contributed by atoms with E-state index >= 15 is 0 Å². The number of rotatable bonds is 4. The summed E-state index contributed by atoms with van der Waals surface area (Å²) in [6, 6.07) is 5.39. The van der Waals surface area contributed by atoms with Crippen LogP contribution in [0.2, 0.25) is 0 Å². The van der Waals surface area contributed by atoms with Crippen molar-refractivity contribution in [3.63, 3.8) is 0 Å². The first-order valence-corrected chi connectivity index (χ1v) is 6.31. The van der Waals surface area contributed by atoms with Gasteiger partial charge in [0.2, 0.25) is 0 Å². The lowest BCUT2D eigenvalue weighted by Gasteiger charge is -2.28. The summed E-state index contributed by atoms with van der Waals surface area (Å²) in [6.07, 6.45) is 3.02. The highest BCUT2D eigenvalue weighted by Gasteiger charge is 2.37. The van der Waals surface area contributed by atoms with Gasteiger partial charge < -0.3 is 10.4 Å². The van der Waals surface area contributed by atoms with Gasteiger partial charge in [0.15, 0.2) is 0 Å². The number of halogens is 1. The minimum atomic E-state index is -0.929. The molecular formula is C14H16FNO3. The second-order valence-corrected chi connectivity index (χ2v) is 5.02. The molecule has 1 amide bonds. The maximum absolute atomic E-state index is 13.1. The molecule has 1 saturated carbocycles. The molecule has 1 aromatic carbocycles. The normalized spacial score (nSPS) is 17.1. The predicted octanol–water partition coefficient (Wildman–Crippen LogP) is 2.34. The van der Waals surface area contributed by atoms with Crippen molar-refractivity contribution < 1.29 is 19.1 Å². The van der Waals surface area contributed by atoms with E-state index in [4.69, 9.17) is 5.11 Å². The molecule has 5 heteroatoms. The van der Waals surface area contributed by atoms with Crippen LogP contribution in [0.5, 0.6) is 0 Å². The van der Waals surface area contributed by atoms with Crippen LogP contribution in [-0.2, 0) is 4.79 Å². The first-order valence-electron chi connectivity index (χ1n) is 6.31. The Morgan fingerprint density at radius 2 is 2.00 bits per heavy atom. The van der Waals surface area contributed by atoms with Crippen LogP contribution in [0.15, 0.2) is 24.3 Å². The second kappa shape index (κ2) is 5.38. The SMILES string of the molecule is O=C(O)CC1(NC(=O)c2cccc(F)c2)CCCC1. The van der Waals surface area contributed by atoms with Gasteiger partial charge >= 0.3 is 5.97 Å². The highest BCUT2D eigenvalue weighted by atomic mass is 19.1. The molecule has 0 bridgehead atoms. The number of carboxylic acids is 1. The van der Waals surface area contributed by atoms with E-state index in [0.29, 0.717) is 12.8 Å². The van der Waals surface area contributed by atoms with Gasteiger partial charge in [-0.25, -0.2) is 4.39 Å². The number of carboxylic acid groups (broad SMARTS) is 1. The van der Waals surface area contributed by atoms with Crippen LogP contribution in [0.25, 0.3) is 0 Å². The highest BCUT2D eigenvalue weighted by Crippen LogP contribution is 2.32. The summed E-state index contributed by atoms with van der Waals surface area (Å²) in [5, 5.41) is 11.7. The summed E-state index contributed by atoms with van der Waals surface area (Å²) in [5.74, 6) is -1.82. The molecule has 0 unspecified atom stereocenters. The Hall–Kier alpha value is -1.91. The van der Waals surface area contributed by atoms with Crippen molar-refractivity contribution in [2.24, 2.45) is 0 Å². The zero-order chi connectivity index (χ0) is 13.9. The van der Waals surface area contributed by atoms with E-state index < -0.39 is 23.2 Å². The van der Waals surface area contributed by atoms with Crippen LogP contribution in [0.4, 0.5) is 4.39 Å². The van der Waals surface area contributed by atoms with E-state index in [1.54, 1.807) is 0 Å². The quantitative estimate of drug-likeness (QED) is 0.878. The molecule has 1 fully saturated rings. The van der Waals surface area contributed by atoms with Gasteiger partial charge in [-0.05, 0) is 31.0 Å². The number of carbonyl (C=O) groups is 2. The fourth-order valence-corrected chi connectivity index (χ4v) is 2.63. The Balaban J connectivity index is 2.13. The number of hydrogen-bond acceptors (Lipinski definition) is 2. The fourth-order valence-electron chi connectivity index (χ4n) is 2.63. The monoisotopic (exact) mass is 265 g/mol. The number of hydrogen-bond donors (Lipinski definition) is 2. The minimum Gasteiger partial charge on any atom is -0.481 e. The lowest BCUT2D eigenvalue weighted by Crippen LogP contribution is -2.47. The Kier molecular flexibility index (Phi) is 3.83. The van der Waals surface area contributed by atoms with E-state index in [2.05, 4.69) is 5.32 Å². The van der Waals surface area contributed by atoms with Crippen LogP contribution < -0.4 is 5.32 Å². The summed E-state index contributed by atoms with van der Waals surface area (Å²) in [6.45, 7) is 0. The van der Waals surface area contributed by atoms with E-state index in [9.17, 15) is 14.0 Å². The first-order chi connectivity index (χ1) is 9.01. The molecule has 19 heavy (non-hydrogen) atoms. The van der Waals surface area contributed by atoms with Crippen LogP contribution in [-0.4, -0.2) is 22.5 Å². The summed E-state index contributed by atoms with van der Waals surface area (Å²) < 4.78 is 13.1. The van der Waals surface area contributed by atoms with Gasteiger partial charge in [0, 0.05) is 5.56 Å². The van der Waals surface area contributed by atoms with Gasteiger partial charge in [0.05, 0.1) is 12.0 Å². The average Bonchev–Trinajstić information content (AvgIpc) is 2.76. The average molecular weight is 265 g/mol. The zero-order valence-electron chi connectivity index (χ0n) is 10.5. The molecule has 1 aliphatic rings. The summed E-state index contributed by atoms with van der Waals surface area (Å²) in [4.78, 5) is 23.0. The lowest BCUT2D eigenvalue weighted by molar-refractivity contribution is -0.138. The van der Waals surface area contributed by atoms with Crippen molar-refractivity contribution in [1.29, 1.82) is 0 Å². The topological polar surface area (TPSA) is 66.4 Å². The van der Waals surface area contributed by atoms with Crippen molar-refractivity contribution in [1.82, 2.24) is 5.32 Å². The Morgan fingerprint density at radius 1 is 1.32 bits per heavy atom. The third-order valence-electron chi connectivity index (χ3n) is 3.52. The molecule has 102 valence electrons. The predicted molar refractivity (Wildman–Crippen MR) is 67.3 cm³/mol. The second-order valence-electron chi connectivity index (χ2n) is 5.02. The molecule has 1 aliphatic carbocycles. The van der Waals surface area contributed by atoms with Gasteiger partial charge in [-0.1, -0.05) is 18.9 Å². The third kappa shape index (κ3) is 3.30. The Labute approximate surface area is 110 Å². The molecule has 0 saturated heterocycles. The van der Waals surface area contributed by atoms with Crippen LogP contribution in [0.1, 0.15) is 42.5 Å². The fraction of sp³-hybridized carbons (Fsp3) is 0.429. The summed E-state index contributed by atoms with van der Waals surface area (Å²) in [5.41, 5.74) is -0.466. The zero-order valence-corrected chi connectivity index (χ0v) is 10.5. The molecule has 0 aliphatic heterocycles. The standard InChI is InChI=1S/C14H16FNO3/c15-11-5-3-4-10(8-11)13(19)16-14(9-12(17)18)6-1-2-7-14/h3-5,8H,1-2,6-7,9H2,(H,16,19)(H,17,18). The number of amides is 1. The Bertz CT molecular complexity index is 495. The number of carbonyl (C=O) groups excluding carboxylic acids is 1. The summed E-state index contributed by atoms with van der Waals surface area (Å²) in [7, 11) is 0. The molecule has 2 N–H and O–H groups in total. The lowest BCUT2D eigenvalue weighted by atomic mass is 9.92. The maximum Gasteiger partial charge on any atom is 0.305 e. The van der Waals surface area contributed by atoms with E-state index in [1.807, 2.05) is 0 Å². The molecule has 0 radical (unpaired) electrons. The van der Waals surface area contributed by atoms with Crippen LogP contribution >= 0.6 is 0 Å². The molecule has 2 rings (SSSR count). The third-order valence-corrected chi connectivity index (χ3v) is 3.52. The smallest absolute Gasteiger partial charge is 0.305 e. The number of aliphatic carboxylic acids is 1. The van der Waals surface area contributed by atoms with Crippen molar-refractivity contribution in [2.75, 3.05) is 0 Å². The van der Waals surface area contributed by atoms with Gasteiger partial charge in [-0.15, -0.1) is 0 Å². The van der Waals surface area contributed by atoms with Crippen molar-refractivity contribution in [3.8, 4) is 0 Å². The van der Waals surface area contributed by atoms with E-state index in [-0.39, 0.29) is 12.0 Å². The molecular weight excluding hydrogens is 249 g/mol. The summed E-state index contributed by atoms with van der Waals surface area (Å²) >= 11 is 0. The Morgan fingerprint density at radius 3 is 2.58 bits per heavy atom. The largest absolute Gasteiger partial charge is 0.481 e. The number of benzene rings is 1. The van der Waals surface area contributed by atoms with Gasteiger partial charge in [0.1, 0.15) is 5.82 Å². The molecule has 0 spiro atoms. The molecule has 0 heterocycles. The van der Waals surface area contributed by atoms with Gasteiger partial charge in [-0.3, -0.25) is 9.59 Å². The van der Waals surface area contributed by atoms with Crippen molar-refractivity contribution in [2.45, 2.75) is 37.6 Å². The van der Waals surface area contributed by atoms with Crippen LogP contribution in [0, 0.1) is 5.82 Å². The number of nitrogens with one attached hydrogen (secondary N) is 1. The minimum absolute atomic E-state index is 0.0892. The highest BCUT2D eigenvalue weighted by molar-refractivity contribution is 5.95. The molecule has 1 aromatic rings. The maximum atomic E-state index is 13.1. The molecule has 0 aromatic heterocycles. The van der Waals surface area contributed by atoms with Gasteiger partial charge in [0.25, 0.3) is 5.91 Å². The first kappa shape index (κ1) is 13.5. The molecule has 0 atom stereocenters. The van der Waals surface area contributed by atoms with Gasteiger partial charge in [-0.2, -0.15) is 0 Å². The van der Waals surface area contributed by atoms with E-state index in [0.717, 1.165) is 18.9 Å². The van der Waals surface area contributed by atoms with Crippen molar-refractivity contribution in [3.05, 3.63) is 35.6 Å². The molecule has 4 nitrogen and oxygen atoms in total. The van der Waals surface area contributed by atoms with Crippen molar-refractivity contribution >= 4 is 11.9 Å². The van der Waals surface area contributed by atoms with E-state index in [1.165, 1.54) is 18.2 Å².